The van der Waals surface area contributed by atoms with E-state index in [2.05, 4.69) is 20.6 Å². The Morgan fingerprint density at radius 1 is 1.15 bits per heavy atom. The topological polar surface area (TPSA) is 94.1 Å². The van der Waals surface area contributed by atoms with E-state index in [1.807, 2.05) is 22.9 Å². The molecule has 0 aliphatic heterocycles. The molecule has 7 nitrogen and oxygen atoms in total. The lowest BCUT2D eigenvalue weighted by molar-refractivity contribution is 0.101. The molecule has 4 aromatic heterocycles. The van der Waals surface area contributed by atoms with Gasteiger partial charge in [-0.2, -0.15) is 4.98 Å². The van der Waals surface area contributed by atoms with Gasteiger partial charge >= 0.3 is 0 Å². The summed E-state index contributed by atoms with van der Waals surface area (Å²) < 4.78 is 10.6. The van der Waals surface area contributed by atoms with Gasteiger partial charge in [0.2, 0.25) is 0 Å². The molecule has 1 fully saturated rings. The first kappa shape index (κ1) is 15.5. The largest absolute Gasteiger partial charge is 0.355 e. The highest BCUT2D eigenvalue weighted by atomic mass is 32.1. The fourth-order valence-corrected chi connectivity index (χ4v) is 3.95. The monoisotopic (exact) mass is 384 g/mol. The zero-order valence-corrected chi connectivity index (χ0v) is 15.0. The summed E-state index contributed by atoms with van der Waals surface area (Å²) in [5.41, 5.74) is 0.835. The van der Waals surface area contributed by atoms with Crippen molar-refractivity contribution in [2.75, 3.05) is 5.32 Å². The molecule has 0 saturated heterocycles. The SMILES string of the molecule is O=C(Nc1ccsc1-c1nc(C2CC2)no1)c1cc(-c2cccs2)on1. The van der Waals surface area contributed by atoms with Crippen LogP contribution in [0, 0.1) is 0 Å². The van der Waals surface area contributed by atoms with E-state index in [9.17, 15) is 4.79 Å². The van der Waals surface area contributed by atoms with Crippen LogP contribution in [0.25, 0.3) is 21.4 Å². The Morgan fingerprint density at radius 2 is 2.08 bits per heavy atom. The van der Waals surface area contributed by atoms with E-state index in [0.29, 0.717) is 23.3 Å². The Balaban J connectivity index is 1.36. The van der Waals surface area contributed by atoms with Crippen molar-refractivity contribution < 1.29 is 13.8 Å². The number of carbonyl (C=O) groups excluding carboxylic acids is 1. The molecule has 4 heterocycles. The lowest BCUT2D eigenvalue weighted by atomic mass is 10.3. The van der Waals surface area contributed by atoms with Crippen LogP contribution >= 0.6 is 22.7 Å². The molecule has 9 heteroatoms. The van der Waals surface area contributed by atoms with Crippen molar-refractivity contribution in [2.45, 2.75) is 18.8 Å². The van der Waals surface area contributed by atoms with Crippen LogP contribution in [0.15, 0.2) is 44.1 Å². The van der Waals surface area contributed by atoms with Gasteiger partial charge in [0.25, 0.3) is 11.8 Å². The minimum Gasteiger partial charge on any atom is -0.355 e. The number of aromatic nitrogens is 3. The quantitative estimate of drug-likeness (QED) is 0.538. The summed E-state index contributed by atoms with van der Waals surface area (Å²) in [6.45, 7) is 0. The minimum atomic E-state index is -0.349. The van der Waals surface area contributed by atoms with Crippen molar-refractivity contribution in [3.05, 3.63) is 46.5 Å². The fourth-order valence-electron chi connectivity index (χ4n) is 2.51. The van der Waals surface area contributed by atoms with Crippen LogP contribution < -0.4 is 5.32 Å². The van der Waals surface area contributed by atoms with Gasteiger partial charge in [0.1, 0.15) is 4.88 Å². The molecule has 1 aliphatic rings. The second-order valence-electron chi connectivity index (χ2n) is 5.90. The predicted molar refractivity (Wildman–Crippen MR) is 97.4 cm³/mol. The number of nitrogens with zero attached hydrogens (tertiary/aromatic N) is 3. The average Bonchev–Trinajstić information content (AvgIpc) is 3.18. The van der Waals surface area contributed by atoms with Crippen molar-refractivity contribution in [1.29, 1.82) is 0 Å². The van der Waals surface area contributed by atoms with Crippen molar-refractivity contribution in [1.82, 2.24) is 15.3 Å². The number of amides is 1. The summed E-state index contributed by atoms with van der Waals surface area (Å²) >= 11 is 2.96. The van der Waals surface area contributed by atoms with Crippen LogP contribution in [0.5, 0.6) is 0 Å². The zero-order chi connectivity index (χ0) is 17.5. The Bertz CT molecular complexity index is 1060. The first-order chi connectivity index (χ1) is 12.8. The molecule has 0 radical (unpaired) electrons. The number of nitrogens with one attached hydrogen (secondary N) is 1. The van der Waals surface area contributed by atoms with E-state index < -0.39 is 0 Å². The summed E-state index contributed by atoms with van der Waals surface area (Å²) in [6, 6.07) is 7.27. The molecule has 1 amide bonds. The number of rotatable bonds is 5. The molecule has 0 aromatic carbocycles. The maximum Gasteiger partial charge on any atom is 0.277 e. The van der Waals surface area contributed by atoms with E-state index in [1.165, 1.54) is 22.7 Å². The Labute approximate surface area is 155 Å². The van der Waals surface area contributed by atoms with Crippen molar-refractivity contribution in [2.24, 2.45) is 0 Å². The Kier molecular flexibility index (Phi) is 3.68. The van der Waals surface area contributed by atoms with Gasteiger partial charge in [0.15, 0.2) is 17.3 Å². The lowest BCUT2D eigenvalue weighted by Crippen LogP contribution is -2.12. The van der Waals surface area contributed by atoms with Gasteiger partial charge in [-0.15, -0.1) is 22.7 Å². The van der Waals surface area contributed by atoms with Crippen molar-refractivity contribution in [3.63, 3.8) is 0 Å². The van der Waals surface area contributed by atoms with Gasteiger partial charge in [-0.25, -0.2) is 0 Å². The summed E-state index contributed by atoms with van der Waals surface area (Å²) in [5.74, 6) is 1.80. The molecule has 1 N–H and O–H groups in total. The molecule has 0 unspecified atom stereocenters. The maximum atomic E-state index is 12.5. The highest BCUT2D eigenvalue weighted by Crippen LogP contribution is 2.40. The van der Waals surface area contributed by atoms with Crippen LogP contribution in [0.2, 0.25) is 0 Å². The van der Waals surface area contributed by atoms with Gasteiger partial charge in [-0.3, -0.25) is 4.79 Å². The third kappa shape index (κ3) is 2.85. The molecule has 4 aromatic rings. The van der Waals surface area contributed by atoms with Crippen LogP contribution in [-0.2, 0) is 0 Å². The minimum absolute atomic E-state index is 0.217. The number of hydrogen-bond donors (Lipinski definition) is 1. The number of carbonyl (C=O) groups is 1. The van der Waals surface area contributed by atoms with Gasteiger partial charge in [0, 0.05) is 12.0 Å². The van der Waals surface area contributed by atoms with Crippen LogP contribution in [-0.4, -0.2) is 21.2 Å². The van der Waals surface area contributed by atoms with E-state index in [-0.39, 0.29) is 11.6 Å². The summed E-state index contributed by atoms with van der Waals surface area (Å²) in [5, 5.41) is 14.5. The van der Waals surface area contributed by atoms with Gasteiger partial charge in [-0.1, -0.05) is 16.4 Å². The molecule has 0 bridgehead atoms. The number of hydrogen-bond acceptors (Lipinski definition) is 8. The standard InChI is InChI=1S/C17H12N4O3S2/c22-16(11-8-12(23-20-11)13-2-1-6-25-13)18-10-5-7-26-14(10)17-19-15(21-24-17)9-3-4-9/h1-2,5-9H,3-4H2,(H,18,22). The molecular weight excluding hydrogens is 372 g/mol. The van der Waals surface area contributed by atoms with Gasteiger partial charge in [-0.05, 0) is 35.7 Å². The molecule has 5 rings (SSSR count). The summed E-state index contributed by atoms with van der Waals surface area (Å²) in [4.78, 5) is 18.6. The van der Waals surface area contributed by atoms with E-state index in [1.54, 1.807) is 12.1 Å². The predicted octanol–water partition coefficient (Wildman–Crippen LogP) is 4.64. The zero-order valence-electron chi connectivity index (χ0n) is 13.3. The van der Waals surface area contributed by atoms with E-state index in [0.717, 1.165) is 28.4 Å². The first-order valence-corrected chi connectivity index (χ1v) is 9.77. The van der Waals surface area contributed by atoms with Crippen LogP contribution in [0.3, 0.4) is 0 Å². The third-order valence-electron chi connectivity index (χ3n) is 4.00. The molecule has 26 heavy (non-hydrogen) atoms. The summed E-state index contributed by atoms with van der Waals surface area (Å²) in [7, 11) is 0. The highest BCUT2D eigenvalue weighted by molar-refractivity contribution is 7.14. The van der Waals surface area contributed by atoms with Gasteiger partial charge in [0.05, 0.1) is 10.6 Å². The molecule has 1 saturated carbocycles. The second kappa shape index (κ2) is 6.19. The van der Waals surface area contributed by atoms with Gasteiger partial charge < -0.3 is 14.4 Å². The van der Waals surface area contributed by atoms with Crippen molar-refractivity contribution in [3.8, 4) is 21.4 Å². The second-order valence-corrected chi connectivity index (χ2v) is 7.77. The number of anilines is 1. The fraction of sp³-hybridized carbons (Fsp3) is 0.176. The molecular formula is C17H12N4O3S2. The molecule has 1 aliphatic carbocycles. The normalized spacial score (nSPS) is 13.8. The first-order valence-electron chi connectivity index (χ1n) is 8.01. The maximum absolute atomic E-state index is 12.5. The Hall–Kier alpha value is -2.78. The number of thiophene rings is 2. The Morgan fingerprint density at radius 3 is 2.88 bits per heavy atom. The van der Waals surface area contributed by atoms with Crippen LogP contribution in [0.1, 0.15) is 35.1 Å². The highest BCUT2D eigenvalue weighted by Gasteiger charge is 2.29. The van der Waals surface area contributed by atoms with E-state index in [4.69, 9.17) is 9.05 Å². The van der Waals surface area contributed by atoms with Crippen molar-refractivity contribution >= 4 is 34.3 Å². The lowest BCUT2D eigenvalue weighted by Gasteiger charge is -2.01. The van der Waals surface area contributed by atoms with E-state index >= 15 is 0 Å². The molecule has 130 valence electrons. The van der Waals surface area contributed by atoms with Crippen LogP contribution in [0.4, 0.5) is 5.69 Å². The average molecular weight is 384 g/mol. The molecule has 0 spiro atoms. The molecule has 0 atom stereocenters. The summed E-state index contributed by atoms with van der Waals surface area (Å²) in [6.07, 6.45) is 2.21. The smallest absolute Gasteiger partial charge is 0.277 e. The third-order valence-corrected chi connectivity index (χ3v) is 5.79.